The first-order valence-corrected chi connectivity index (χ1v) is 5.01. The van der Waals surface area contributed by atoms with E-state index in [4.69, 9.17) is 15.4 Å². The van der Waals surface area contributed by atoms with Crippen LogP contribution in [0.2, 0.25) is 0 Å². The van der Waals surface area contributed by atoms with Gasteiger partial charge in [-0.3, -0.25) is 4.79 Å². The van der Waals surface area contributed by atoms with Gasteiger partial charge in [-0.05, 0) is 6.92 Å². The lowest BCUT2D eigenvalue weighted by atomic mass is 10.2. The van der Waals surface area contributed by atoms with E-state index < -0.39 is 6.04 Å². The molecule has 0 saturated carbocycles. The Morgan fingerprint density at radius 2 is 2.41 bits per heavy atom. The second-order valence-electron chi connectivity index (χ2n) is 3.64. The van der Waals surface area contributed by atoms with E-state index in [1.165, 1.54) is 12.3 Å². The molecule has 17 heavy (non-hydrogen) atoms. The van der Waals surface area contributed by atoms with Crippen molar-refractivity contribution in [2.75, 3.05) is 6.61 Å². The summed E-state index contributed by atoms with van der Waals surface area (Å²) in [6.07, 6.45) is 1.50. The number of hydrogen-bond donors (Lipinski definition) is 3. The van der Waals surface area contributed by atoms with Gasteiger partial charge >= 0.3 is 0 Å². The van der Waals surface area contributed by atoms with E-state index in [-0.39, 0.29) is 29.3 Å². The number of nitrogens with one attached hydrogen (secondary N) is 1. The molecule has 2 heterocycles. The summed E-state index contributed by atoms with van der Waals surface area (Å²) in [6.45, 7) is 1.48. The minimum atomic E-state index is -0.711. The van der Waals surface area contributed by atoms with Gasteiger partial charge in [0.2, 0.25) is 0 Å². The highest BCUT2D eigenvalue weighted by Gasteiger charge is 2.16. The Balaban J connectivity index is 2.40. The van der Waals surface area contributed by atoms with Crippen LogP contribution in [-0.4, -0.2) is 26.8 Å². The lowest BCUT2D eigenvalue weighted by Crippen LogP contribution is -2.16. The molecule has 2 aromatic heterocycles. The number of aryl methyl sites for hydroxylation is 1. The van der Waals surface area contributed by atoms with Crippen LogP contribution in [0.15, 0.2) is 21.6 Å². The van der Waals surface area contributed by atoms with Gasteiger partial charge < -0.3 is 20.3 Å². The molecule has 0 aliphatic carbocycles. The summed E-state index contributed by atoms with van der Waals surface area (Å²) in [5.74, 6) is 0.257. The molecule has 4 N–H and O–H groups in total. The lowest BCUT2D eigenvalue weighted by Gasteiger charge is -1.98. The summed E-state index contributed by atoms with van der Waals surface area (Å²) in [5.41, 5.74) is 6.33. The summed E-state index contributed by atoms with van der Waals surface area (Å²) in [5, 5.41) is 12.4. The molecule has 90 valence electrons. The van der Waals surface area contributed by atoms with Gasteiger partial charge in [0.05, 0.1) is 12.6 Å². The highest BCUT2D eigenvalue weighted by atomic mass is 16.5. The van der Waals surface area contributed by atoms with Crippen molar-refractivity contribution in [2.45, 2.75) is 13.0 Å². The van der Waals surface area contributed by atoms with E-state index in [2.05, 4.69) is 15.1 Å². The van der Waals surface area contributed by atoms with Gasteiger partial charge in [-0.25, -0.2) is 0 Å². The fourth-order valence-corrected chi connectivity index (χ4v) is 1.32. The van der Waals surface area contributed by atoms with Crippen molar-refractivity contribution >= 4 is 0 Å². The van der Waals surface area contributed by atoms with E-state index >= 15 is 0 Å². The summed E-state index contributed by atoms with van der Waals surface area (Å²) >= 11 is 0. The molecule has 0 fully saturated rings. The highest BCUT2D eigenvalue weighted by molar-refractivity contribution is 5.50. The highest BCUT2D eigenvalue weighted by Crippen LogP contribution is 2.14. The maximum Gasteiger partial charge on any atom is 0.263 e. The first-order valence-electron chi connectivity index (χ1n) is 5.01. The molecular formula is C10H12N4O3. The van der Waals surface area contributed by atoms with Crippen LogP contribution in [-0.2, 0) is 0 Å². The molecular weight excluding hydrogens is 224 g/mol. The summed E-state index contributed by atoms with van der Waals surface area (Å²) in [4.78, 5) is 18.5. The van der Waals surface area contributed by atoms with E-state index in [1.807, 2.05) is 0 Å². The molecule has 1 unspecified atom stereocenters. The SMILES string of the molecule is Cc1cc(=O)c(-c2nc(C(N)CO)no2)c[nH]1. The predicted octanol–water partition coefficient (Wildman–Crippen LogP) is -0.275. The smallest absolute Gasteiger partial charge is 0.263 e. The Morgan fingerprint density at radius 3 is 3.06 bits per heavy atom. The van der Waals surface area contributed by atoms with Crippen molar-refractivity contribution in [3.05, 3.63) is 34.0 Å². The Bertz CT molecular complexity index is 575. The van der Waals surface area contributed by atoms with Crippen LogP contribution in [0.1, 0.15) is 17.6 Å². The Morgan fingerprint density at radius 1 is 1.65 bits per heavy atom. The van der Waals surface area contributed by atoms with Gasteiger partial charge in [-0.1, -0.05) is 5.16 Å². The van der Waals surface area contributed by atoms with Gasteiger partial charge in [0.25, 0.3) is 5.89 Å². The number of pyridine rings is 1. The molecule has 0 aromatic carbocycles. The third kappa shape index (κ3) is 2.24. The van der Waals surface area contributed by atoms with E-state index in [0.29, 0.717) is 0 Å². The van der Waals surface area contributed by atoms with Gasteiger partial charge in [0, 0.05) is 18.0 Å². The normalized spacial score (nSPS) is 12.6. The van der Waals surface area contributed by atoms with Crippen LogP contribution in [0.25, 0.3) is 11.5 Å². The average Bonchev–Trinajstić information content (AvgIpc) is 2.77. The summed E-state index contributed by atoms with van der Waals surface area (Å²) in [6, 6.07) is 0.725. The second kappa shape index (κ2) is 4.48. The number of aliphatic hydroxyl groups excluding tert-OH is 1. The van der Waals surface area contributed by atoms with Crippen LogP contribution in [0.4, 0.5) is 0 Å². The van der Waals surface area contributed by atoms with Crippen molar-refractivity contribution in [3.63, 3.8) is 0 Å². The van der Waals surface area contributed by atoms with Crippen molar-refractivity contribution in [1.29, 1.82) is 0 Å². The number of rotatable bonds is 3. The van der Waals surface area contributed by atoms with Gasteiger partial charge in [0.1, 0.15) is 5.56 Å². The fourth-order valence-electron chi connectivity index (χ4n) is 1.32. The van der Waals surface area contributed by atoms with Crippen LogP contribution >= 0.6 is 0 Å². The number of aromatic amines is 1. The second-order valence-corrected chi connectivity index (χ2v) is 3.64. The van der Waals surface area contributed by atoms with Crippen LogP contribution in [0.5, 0.6) is 0 Å². The molecule has 2 aromatic rings. The van der Waals surface area contributed by atoms with Crippen LogP contribution in [0.3, 0.4) is 0 Å². The number of nitrogens with two attached hydrogens (primary N) is 1. The summed E-state index contributed by atoms with van der Waals surface area (Å²) < 4.78 is 4.92. The molecule has 0 aliphatic heterocycles. The maximum atomic E-state index is 11.7. The molecule has 0 aliphatic rings. The topological polar surface area (TPSA) is 118 Å². The first kappa shape index (κ1) is 11.5. The molecule has 0 radical (unpaired) electrons. The van der Waals surface area contributed by atoms with Crippen LogP contribution < -0.4 is 11.2 Å². The Labute approximate surface area is 96.3 Å². The number of aromatic nitrogens is 3. The van der Waals surface area contributed by atoms with Crippen molar-refractivity contribution in [3.8, 4) is 11.5 Å². The van der Waals surface area contributed by atoms with E-state index in [9.17, 15) is 4.79 Å². The zero-order chi connectivity index (χ0) is 12.4. The molecule has 7 nitrogen and oxygen atoms in total. The molecule has 2 rings (SSSR count). The molecule has 7 heteroatoms. The largest absolute Gasteiger partial charge is 0.394 e. The quantitative estimate of drug-likeness (QED) is 0.674. The molecule has 0 amide bonds. The zero-order valence-corrected chi connectivity index (χ0v) is 9.17. The summed E-state index contributed by atoms with van der Waals surface area (Å²) in [7, 11) is 0. The first-order chi connectivity index (χ1) is 8.11. The molecule has 1 atom stereocenters. The number of nitrogens with zero attached hydrogens (tertiary/aromatic N) is 2. The van der Waals surface area contributed by atoms with Gasteiger partial charge in [-0.15, -0.1) is 0 Å². The van der Waals surface area contributed by atoms with Gasteiger partial charge in [0.15, 0.2) is 11.3 Å². The number of hydrogen-bond acceptors (Lipinski definition) is 6. The monoisotopic (exact) mass is 236 g/mol. The van der Waals surface area contributed by atoms with E-state index in [1.54, 1.807) is 6.92 Å². The van der Waals surface area contributed by atoms with Gasteiger partial charge in [-0.2, -0.15) is 4.98 Å². The lowest BCUT2D eigenvalue weighted by molar-refractivity contribution is 0.260. The van der Waals surface area contributed by atoms with Crippen molar-refractivity contribution in [2.24, 2.45) is 5.73 Å². The standard InChI is InChI=1S/C10H12N4O3/c1-5-2-8(16)6(3-12-5)10-13-9(14-17-10)7(11)4-15/h2-3,7,15H,4,11H2,1H3,(H,12,16). The number of aliphatic hydroxyl groups is 1. The predicted molar refractivity (Wildman–Crippen MR) is 59.1 cm³/mol. The zero-order valence-electron chi connectivity index (χ0n) is 9.17. The Hall–Kier alpha value is -1.99. The molecule has 0 saturated heterocycles. The number of H-pyrrole nitrogens is 1. The Kier molecular flexibility index (Phi) is 3.03. The maximum absolute atomic E-state index is 11.7. The fraction of sp³-hybridized carbons (Fsp3) is 0.300. The minimum absolute atomic E-state index is 0.0881. The molecule has 0 bridgehead atoms. The third-order valence-electron chi connectivity index (χ3n) is 2.26. The molecule has 0 spiro atoms. The minimum Gasteiger partial charge on any atom is -0.394 e. The average molecular weight is 236 g/mol. The third-order valence-corrected chi connectivity index (χ3v) is 2.26. The van der Waals surface area contributed by atoms with Crippen molar-refractivity contribution in [1.82, 2.24) is 15.1 Å². The van der Waals surface area contributed by atoms with Crippen LogP contribution in [0, 0.1) is 6.92 Å². The van der Waals surface area contributed by atoms with E-state index in [0.717, 1.165) is 5.69 Å². The van der Waals surface area contributed by atoms with Crippen molar-refractivity contribution < 1.29 is 9.63 Å².